The fourth-order valence-electron chi connectivity index (χ4n) is 2.83. The lowest BCUT2D eigenvalue weighted by Gasteiger charge is -2.08. The van der Waals surface area contributed by atoms with Crippen LogP contribution >= 0.6 is 11.3 Å². The maximum atomic E-state index is 13.0. The summed E-state index contributed by atoms with van der Waals surface area (Å²) in [6.45, 7) is 0. The fourth-order valence-corrected chi connectivity index (χ4v) is 4.87. The molecule has 1 N–H and O–H groups in total. The fraction of sp³-hybridized carbons (Fsp3) is 0.238. The highest BCUT2D eigenvalue weighted by Gasteiger charge is 2.16. The van der Waals surface area contributed by atoms with Crippen LogP contribution in [0, 0.1) is 5.82 Å². The van der Waals surface area contributed by atoms with Crippen molar-refractivity contribution in [2.45, 2.75) is 17.7 Å². The summed E-state index contributed by atoms with van der Waals surface area (Å²) in [5.74, 6) is 0.192. The second-order valence-corrected chi connectivity index (χ2v) is 9.50. The molecule has 31 heavy (non-hydrogen) atoms. The molecule has 1 aromatic heterocycles. The number of hydrogen-bond donors (Lipinski definition) is 1. The normalized spacial score (nSPS) is 11.2. The molecular weight excluding hydrogens is 443 g/mol. The lowest BCUT2D eigenvalue weighted by Crippen LogP contribution is -2.14. The summed E-state index contributed by atoms with van der Waals surface area (Å²) in [5, 5.41) is 4.88. The minimum atomic E-state index is -3.57. The van der Waals surface area contributed by atoms with E-state index in [9.17, 15) is 17.6 Å². The first-order valence-corrected chi connectivity index (χ1v) is 11.8. The average molecular weight is 465 g/mol. The topological polar surface area (TPSA) is 94.6 Å². The lowest BCUT2D eigenvalue weighted by molar-refractivity contribution is -0.116. The summed E-state index contributed by atoms with van der Waals surface area (Å²) in [5.41, 5.74) is 1.39. The number of hydrogen-bond acceptors (Lipinski definition) is 7. The van der Waals surface area contributed by atoms with Crippen molar-refractivity contribution in [3.8, 4) is 22.8 Å². The van der Waals surface area contributed by atoms with Crippen molar-refractivity contribution in [1.82, 2.24) is 4.98 Å². The quantitative estimate of drug-likeness (QED) is 0.478. The third-order valence-corrected chi connectivity index (χ3v) is 7.00. The molecule has 0 aliphatic heterocycles. The van der Waals surface area contributed by atoms with E-state index in [0.717, 1.165) is 17.7 Å². The van der Waals surface area contributed by atoms with Gasteiger partial charge in [-0.2, -0.15) is 0 Å². The molecule has 0 saturated heterocycles. The van der Waals surface area contributed by atoms with Gasteiger partial charge >= 0.3 is 0 Å². The molecule has 0 unspecified atom stereocenters. The molecule has 0 atom stereocenters. The summed E-state index contributed by atoms with van der Waals surface area (Å²) in [7, 11) is -0.461. The van der Waals surface area contributed by atoms with E-state index in [4.69, 9.17) is 9.47 Å². The van der Waals surface area contributed by atoms with E-state index < -0.39 is 15.7 Å². The molecular formula is C21H21FN2O5S2. The van der Waals surface area contributed by atoms with Gasteiger partial charge in [-0.15, -0.1) is 11.3 Å². The van der Waals surface area contributed by atoms with Gasteiger partial charge in [0.25, 0.3) is 0 Å². The van der Waals surface area contributed by atoms with Crippen molar-refractivity contribution in [1.29, 1.82) is 0 Å². The van der Waals surface area contributed by atoms with Gasteiger partial charge in [-0.25, -0.2) is 17.8 Å². The number of carbonyl (C=O) groups is 1. The molecule has 3 rings (SSSR count). The summed E-state index contributed by atoms with van der Waals surface area (Å²) >= 11 is 1.26. The third kappa shape index (κ3) is 5.80. The number of carbonyl (C=O) groups excluding carboxylic acids is 1. The first-order chi connectivity index (χ1) is 14.8. The third-order valence-electron chi connectivity index (χ3n) is 4.42. The molecule has 0 fully saturated rings. The van der Waals surface area contributed by atoms with Crippen molar-refractivity contribution in [2.24, 2.45) is 0 Å². The minimum absolute atomic E-state index is 0.0151. The van der Waals surface area contributed by atoms with Crippen molar-refractivity contribution in [3.63, 3.8) is 0 Å². The number of halogens is 1. The highest BCUT2D eigenvalue weighted by atomic mass is 32.2. The molecule has 164 valence electrons. The summed E-state index contributed by atoms with van der Waals surface area (Å²) in [6.07, 6.45) is 0.150. The summed E-state index contributed by atoms with van der Waals surface area (Å²) in [4.78, 5) is 16.6. The van der Waals surface area contributed by atoms with Crippen molar-refractivity contribution >= 4 is 32.2 Å². The van der Waals surface area contributed by atoms with Crippen LogP contribution in [0.4, 0.5) is 9.52 Å². The summed E-state index contributed by atoms with van der Waals surface area (Å²) in [6, 6.07) is 9.98. The Labute approximate surface area is 183 Å². The number of thiazole rings is 1. The second-order valence-electron chi connectivity index (χ2n) is 6.53. The van der Waals surface area contributed by atoms with Gasteiger partial charge in [0.05, 0.1) is 30.6 Å². The van der Waals surface area contributed by atoms with Crippen LogP contribution in [0.1, 0.15) is 12.8 Å². The van der Waals surface area contributed by atoms with Crippen LogP contribution in [0.5, 0.6) is 11.5 Å². The van der Waals surface area contributed by atoms with Gasteiger partial charge in [0.15, 0.2) is 15.0 Å². The van der Waals surface area contributed by atoms with Crippen LogP contribution in [-0.4, -0.2) is 39.3 Å². The number of nitrogens with one attached hydrogen (secondary N) is 1. The number of nitrogens with zero attached hydrogens (tertiary/aromatic N) is 1. The molecule has 1 heterocycles. The number of anilines is 1. The van der Waals surface area contributed by atoms with Gasteiger partial charge in [0, 0.05) is 23.4 Å². The zero-order valence-electron chi connectivity index (χ0n) is 16.9. The average Bonchev–Trinajstić information content (AvgIpc) is 3.21. The number of sulfone groups is 1. The number of benzene rings is 2. The Bertz CT molecular complexity index is 1160. The van der Waals surface area contributed by atoms with Crippen LogP contribution in [0.2, 0.25) is 0 Å². The van der Waals surface area contributed by atoms with E-state index in [1.54, 1.807) is 31.7 Å². The highest BCUT2D eigenvalue weighted by molar-refractivity contribution is 7.91. The Morgan fingerprint density at radius 3 is 2.55 bits per heavy atom. The number of ether oxygens (including phenoxy) is 2. The number of rotatable bonds is 9. The molecule has 2 aromatic carbocycles. The maximum absolute atomic E-state index is 13.0. The number of aromatic nitrogens is 1. The van der Waals surface area contributed by atoms with Crippen molar-refractivity contribution in [3.05, 3.63) is 53.7 Å². The van der Waals surface area contributed by atoms with Crippen molar-refractivity contribution < 1.29 is 27.1 Å². The Balaban J connectivity index is 1.57. The number of methoxy groups -OCH3 is 2. The molecule has 0 spiro atoms. The molecule has 0 bridgehead atoms. The van der Waals surface area contributed by atoms with E-state index in [-0.39, 0.29) is 29.4 Å². The van der Waals surface area contributed by atoms with Crippen LogP contribution < -0.4 is 14.8 Å². The van der Waals surface area contributed by atoms with E-state index >= 15 is 0 Å². The standard InChI is InChI=1S/C21H21FN2O5S2/c1-28-15-7-10-17(19(12-15)29-2)18-13-30-21(23-18)24-20(25)4-3-11-31(26,27)16-8-5-14(22)6-9-16/h5-10,12-13H,3-4,11H2,1-2H3,(H,23,24,25). The predicted octanol–water partition coefficient (Wildman–Crippen LogP) is 4.16. The molecule has 1 amide bonds. The van der Waals surface area contributed by atoms with E-state index in [1.165, 1.54) is 23.5 Å². The van der Waals surface area contributed by atoms with Crippen LogP contribution in [0.25, 0.3) is 11.3 Å². The van der Waals surface area contributed by atoms with Gasteiger partial charge in [0.1, 0.15) is 17.3 Å². The Morgan fingerprint density at radius 1 is 1.13 bits per heavy atom. The van der Waals surface area contributed by atoms with Crippen molar-refractivity contribution in [2.75, 3.05) is 25.3 Å². The maximum Gasteiger partial charge on any atom is 0.226 e. The molecule has 0 aliphatic carbocycles. The SMILES string of the molecule is COc1ccc(-c2csc(NC(=O)CCCS(=O)(=O)c3ccc(F)cc3)n2)c(OC)c1. The monoisotopic (exact) mass is 464 g/mol. The molecule has 7 nitrogen and oxygen atoms in total. The smallest absolute Gasteiger partial charge is 0.226 e. The zero-order chi connectivity index (χ0) is 22.4. The van der Waals surface area contributed by atoms with Crippen LogP contribution in [0.3, 0.4) is 0 Å². The Hall–Kier alpha value is -2.98. The van der Waals surface area contributed by atoms with Gasteiger partial charge in [-0.3, -0.25) is 4.79 Å². The Morgan fingerprint density at radius 2 is 1.87 bits per heavy atom. The predicted molar refractivity (Wildman–Crippen MR) is 117 cm³/mol. The van der Waals surface area contributed by atoms with Gasteiger partial charge in [-0.1, -0.05) is 0 Å². The molecule has 3 aromatic rings. The first-order valence-electron chi connectivity index (χ1n) is 9.28. The lowest BCUT2D eigenvalue weighted by atomic mass is 10.1. The summed E-state index contributed by atoms with van der Waals surface area (Å²) < 4.78 is 48.1. The van der Waals surface area contributed by atoms with Gasteiger partial charge in [-0.05, 0) is 42.8 Å². The van der Waals surface area contributed by atoms with E-state index in [1.807, 2.05) is 6.07 Å². The molecule has 0 aliphatic rings. The Kier molecular flexibility index (Phi) is 7.24. The van der Waals surface area contributed by atoms with E-state index in [2.05, 4.69) is 10.3 Å². The van der Waals surface area contributed by atoms with Gasteiger partial charge < -0.3 is 14.8 Å². The second kappa shape index (κ2) is 9.88. The molecule has 10 heteroatoms. The molecule has 0 radical (unpaired) electrons. The van der Waals surface area contributed by atoms with Crippen LogP contribution in [0.15, 0.2) is 52.7 Å². The van der Waals surface area contributed by atoms with Gasteiger partial charge in [0.2, 0.25) is 5.91 Å². The minimum Gasteiger partial charge on any atom is -0.497 e. The zero-order valence-corrected chi connectivity index (χ0v) is 18.6. The number of amides is 1. The van der Waals surface area contributed by atoms with E-state index in [0.29, 0.717) is 22.3 Å². The first kappa shape index (κ1) is 22.7. The van der Waals surface area contributed by atoms with Crippen LogP contribution in [-0.2, 0) is 14.6 Å². The highest BCUT2D eigenvalue weighted by Crippen LogP contribution is 2.34. The molecule has 0 saturated carbocycles. The largest absolute Gasteiger partial charge is 0.497 e.